The quantitative estimate of drug-likeness (QED) is 0.726. The van der Waals surface area contributed by atoms with Gasteiger partial charge in [0.15, 0.2) is 9.84 Å². The molecule has 1 N–H and O–H groups in total. The minimum absolute atomic E-state index is 0.0764. The smallest absolute Gasteiger partial charge is 0.354 e. The number of anilines is 2. The maximum Gasteiger partial charge on any atom is 0.416 e. The van der Waals surface area contributed by atoms with Gasteiger partial charge in [-0.3, -0.25) is 4.79 Å². The average molecular weight is 406 g/mol. The van der Waals surface area contributed by atoms with Crippen molar-refractivity contribution in [2.45, 2.75) is 24.4 Å². The Kier molecular flexibility index (Phi) is 5.67. The number of halogens is 4. The summed E-state index contributed by atoms with van der Waals surface area (Å²) >= 11 is 5.52. The van der Waals surface area contributed by atoms with E-state index in [1.165, 1.54) is 24.3 Å². The summed E-state index contributed by atoms with van der Waals surface area (Å²) in [5.74, 6) is 0. The molecule has 0 amide bonds. The fourth-order valence-corrected chi connectivity index (χ4v) is 3.42. The predicted octanol–water partition coefficient (Wildman–Crippen LogP) is 4.79. The minimum Gasteiger partial charge on any atom is -0.354 e. The molecule has 0 aliphatic heterocycles. The van der Waals surface area contributed by atoms with Crippen molar-refractivity contribution in [3.05, 3.63) is 53.1 Å². The van der Waals surface area contributed by atoms with E-state index in [4.69, 9.17) is 11.6 Å². The zero-order chi connectivity index (χ0) is 19.7. The molecule has 2 rings (SSSR count). The number of alkyl halides is 3. The zero-order valence-corrected chi connectivity index (χ0v) is 15.4. The van der Waals surface area contributed by atoms with Crippen LogP contribution in [0.2, 0.25) is 0 Å². The summed E-state index contributed by atoms with van der Waals surface area (Å²) < 4.78 is 62.0. The van der Waals surface area contributed by atoms with Gasteiger partial charge in [0.2, 0.25) is 0 Å². The molecule has 0 bridgehead atoms. The third-order valence-electron chi connectivity index (χ3n) is 3.69. The molecule has 0 saturated heterocycles. The van der Waals surface area contributed by atoms with Crippen molar-refractivity contribution in [2.75, 3.05) is 11.6 Å². The highest BCUT2D eigenvalue weighted by Gasteiger charge is 2.30. The normalized spacial score (nSPS) is 12.1. The molecule has 0 fully saturated rings. The van der Waals surface area contributed by atoms with Crippen molar-refractivity contribution in [3.8, 4) is 0 Å². The van der Waals surface area contributed by atoms with E-state index in [0.717, 1.165) is 18.4 Å². The molecule has 26 heavy (non-hydrogen) atoms. The van der Waals surface area contributed by atoms with Crippen LogP contribution in [0.1, 0.15) is 28.4 Å². The van der Waals surface area contributed by atoms with E-state index in [1.807, 2.05) is 0 Å². The molecule has 0 heterocycles. The van der Waals surface area contributed by atoms with Gasteiger partial charge in [-0.15, -0.1) is 0 Å². The Morgan fingerprint density at radius 3 is 2.15 bits per heavy atom. The topological polar surface area (TPSA) is 63.2 Å². The number of aryl methyl sites for hydroxylation is 1. The van der Waals surface area contributed by atoms with E-state index < -0.39 is 26.8 Å². The molecular formula is C17H15ClF3NO3S. The highest BCUT2D eigenvalue weighted by molar-refractivity contribution is 7.90. The van der Waals surface area contributed by atoms with Crippen LogP contribution >= 0.6 is 11.6 Å². The zero-order valence-electron chi connectivity index (χ0n) is 13.8. The second-order valence-electron chi connectivity index (χ2n) is 5.61. The molecule has 0 unspecified atom stereocenters. The maximum absolute atomic E-state index is 12.6. The molecular weight excluding hydrogens is 391 g/mol. The summed E-state index contributed by atoms with van der Waals surface area (Å²) in [5.41, 5.74) is 0.212. The first-order valence-corrected chi connectivity index (χ1v) is 9.71. The Balaban J connectivity index is 2.53. The lowest BCUT2D eigenvalue weighted by molar-refractivity contribution is -0.137. The van der Waals surface area contributed by atoms with Crippen molar-refractivity contribution < 1.29 is 26.4 Å². The lowest BCUT2D eigenvalue weighted by Crippen LogP contribution is -2.08. The van der Waals surface area contributed by atoms with Crippen LogP contribution in [0.15, 0.2) is 41.3 Å². The van der Waals surface area contributed by atoms with Crippen molar-refractivity contribution in [3.63, 3.8) is 0 Å². The molecule has 0 spiro atoms. The van der Waals surface area contributed by atoms with E-state index in [0.29, 0.717) is 12.0 Å². The van der Waals surface area contributed by atoms with Crippen molar-refractivity contribution in [1.82, 2.24) is 0 Å². The molecule has 2 aromatic rings. The van der Waals surface area contributed by atoms with Gasteiger partial charge < -0.3 is 5.32 Å². The van der Waals surface area contributed by atoms with Crippen LogP contribution in [0.25, 0.3) is 0 Å². The number of hydrogen-bond acceptors (Lipinski definition) is 4. The largest absolute Gasteiger partial charge is 0.416 e. The Morgan fingerprint density at radius 1 is 1.15 bits per heavy atom. The SMILES string of the molecule is CCc1cc(Nc2ccc(C(F)(F)F)cc2)c(S(C)(=O)=O)cc1C(=O)Cl. The van der Waals surface area contributed by atoms with Gasteiger partial charge in [-0.1, -0.05) is 6.92 Å². The van der Waals surface area contributed by atoms with Crippen LogP contribution in [-0.2, 0) is 22.4 Å². The minimum atomic E-state index is -4.46. The maximum atomic E-state index is 12.6. The van der Waals surface area contributed by atoms with Gasteiger partial charge in [0, 0.05) is 17.5 Å². The highest BCUT2D eigenvalue weighted by atomic mass is 35.5. The fourth-order valence-electron chi connectivity index (χ4n) is 2.40. The first-order valence-electron chi connectivity index (χ1n) is 7.44. The van der Waals surface area contributed by atoms with Gasteiger partial charge in [0.05, 0.1) is 16.1 Å². The number of benzene rings is 2. The van der Waals surface area contributed by atoms with E-state index in [-0.39, 0.29) is 21.8 Å². The molecule has 0 atom stereocenters. The van der Waals surface area contributed by atoms with E-state index in [2.05, 4.69) is 5.32 Å². The molecule has 9 heteroatoms. The molecule has 0 saturated carbocycles. The van der Waals surface area contributed by atoms with Gasteiger partial charge in [0.25, 0.3) is 5.24 Å². The van der Waals surface area contributed by atoms with Crippen molar-refractivity contribution >= 4 is 38.1 Å². The summed E-state index contributed by atoms with van der Waals surface area (Å²) in [6.07, 6.45) is -3.08. The Bertz CT molecular complexity index is 939. The number of carbonyl (C=O) groups excluding carboxylic acids is 1. The van der Waals surface area contributed by atoms with Gasteiger partial charge in [-0.2, -0.15) is 13.2 Å². The van der Waals surface area contributed by atoms with Gasteiger partial charge in [-0.25, -0.2) is 8.42 Å². The molecule has 0 aliphatic carbocycles. The lowest BCUT2D eigenvalue weighted by Gasteiger charge is -2.15. The van der Waals surface area contributed by atoms with E-state index in [1.54, 1.807) is 6.92 Å². The molecule has 4 nitrogen and oxygen atoms in total. The Hall–Kier alpha value is -2.06. The lowest BCUT2D eigenvalue weighted by atomic mass is 10.0. The number of carbonyl (C=O) groups is 1. The summed E-state index contributed by atoms with van der Waals surface area (Å²) in [6, 6.07) is 6.81. The van der Waals surface area contributed by atoms with Crippen LogP contribution in [0, 0.1) is 0 Å². The summed E-state index contributed by atoms with van der Waals surface area (Å²) in [7, 11) is -3.72. The van der Waals surface area contributed by atoms with Crippen LogP contribution in [0.3, 0.4) is 0 Å². The summed E-state index contributed by atoms with van der Waals surface area (Å²) in [5, 5.41) is 2.01. The van der Waals surface area contributed by atoms with Crippen LogP contribution in [0.4, 0.5) is 24.5 Å². The number of rotatable bonds is 5. The highest BCUT2D eigenvalue weighted by Crippen LogP contribution is 2.33. The Morgan fingerprint density at radius 2 is 1.73 bits per heavy atom. The standard InChI is InChI=1S/C17H15ClF3NO3S/c1-3-10-8-14(15(26(2,24)25)9-13(10)16(18)23)22-12-6-4-11(5-7-12)17(19,20)21/h4-9,22H,3H2,1-2H3. The first kappa shape index (κ1) is 20.3. The van der Waals surface area contributed by atoms with Crippen LogP contribution < -0.4 is 5.32 Å². The van der Waals surface area contributed by atoms with Crippen LogP contribution in [-0.4, -0.2) is 19.9 Å². The third kappa shape index (κ3) is 4.56. The molecule has 2 aromatic carbocycles. The second-order valence-corrected chi connectivity index (χ2v) is 7.93. The van der Waals surface area contributed by atoms with Gasteiger partial charge in [0.1, 0.15) is 0 Å². The van der Waals surface area contributed by atoms with Gasteiger partial charge in [-0.05, 0) is 60.0 Å². The molecule has 0 aliphatic rings. The predicted molar refractivity (Wildman–Crippen MR) is 93.8 cm³/mol. The summed E-state index contributed by atoms with van der Waals surface area (Å²) in [6.45, 7) is 1.76. The fraction of sp³-hybridized carbons (Fsp3) is 0.235. The van der Waals surface area contributed by atoms with Gasteiger partial charge >= 0.3 is 6.18 Å². The first-order chi connectivity index (χ1) is 11.9. The molecule has 0 aromatic heterocycles. The molecule has 140 valence electrons. The van der Waals surface area contributed by atoms with Crippen molar-refractivity contribution in [2.24, 2.45) is 0 Å². The third-order valence-corrected chi connectivity index (χ3v) is 5.03. The number of sulfone groups is 1. The van der Waals surface area contributed by atoms with Crippen LogP contribution in [0.5, 0.6) is 0 Å². The van der Waals surface area contributed by atoms with E-state index >= 15 is 0 Å². The monoisotopic (exact) mass is 405 g/mol. The van der Waals surface area contributed by atoms with Crippen molar-refractivity contribution in [1.29, 1.82) is 0 Å². The number of nitrogens with one attached hydrogen (secondary N) is 1. The second kappa shape index (κ2) is 7.28. The molecule has 0 radical (unpaired) electrons. The Labute approximate surface area is 153 Å². The average Bonchev–Trinajstić information content (AvgIpc) is 2.52. The summed E-state index contributed by atoms with van der Waals surface area (Å²) in [4.78, 5) is 11.4. The number of hydrogen-bond donors (Lipinski definition) is 1. The van der Waals surface area contributed by atoms with E-state index in [9.17, 15) is 26.4 Å².